The number of hydrogen-bond acceptors (Lipinski definition) is 3. The van der Waals surface area contributed by atoms with Gasteiger partial charge in [0.2, 0.25) is 0 Å². The highest BCUT2D eigenvalue weighted by Gasteiger charge is 2.33. The van der Waals surface area contributed by atoms with E-state index >= 15 is 0 Å². The molecule has 1 aromatic rings. The standard InChI is InChI=1S/C14H16ClFO3/c1-4-19-14(18)11(8(2)3)13(17)9-6-5-7-10(15)12(9)16/h5-8,11H,4H2,1-3H3. The minimum atomic E-state index is -1.02. The number of carbonyl (C=O) groups is 2. The van der Waals surface area contributed by atoms with Crippen molar-refractivity contribution in [1.82, 2.24) is 0 Å². The van der Waals surface area contributed by atoms with E-state index in [0.717, 1.165) is 0 Å². The molecule has 0 saturated heterocycles. The number of rotatable bonds is 5. The molecule has 1 rings (SSSR count). The quantitative estimate of drug-likeness (QED) is 0.473. The van der Waals surface area contributed by atoms with Gasteiger partial charge in [0.15, 0.2) is 11.6 Å². The lowest BCUT2D eigenvalue weighted by Gasteiger charge is -2.18. The molecule has 0 N–H and O–H groups in total. The zero-order valence-electron chi connectivity index (χ0n) is 11.1. The van der Waals surface area contributed by atoms with Crippen LogP contribution in [0.4, 0.5) is 4.39 Å². The van der Waals surface area contributed by atoms with Crippen LogP contribution in [-0.2, 0) is 9.53 Å². The van der Waals surface area contributed by atoms with E-state index in [1.54, 1.807) is 20.8 Å². The highest BCUT2D eigenvalue weighted by Crippen LogP contribution is 2.24. The maximum Gasteiger partial charge on any atom is 0.317 e. The smallest absolute Gasteiger partial charge is 0.317 e. The number of Topliss-reactive ketones (excluding diaryl/α,β-unsaturated/α-hetero) is 1. The molecule has 3 nitrogen and oxygen atoms in total. The molecule has 0 heterocycles. The summed E-state index contributed by atoms with van der Waals surface area (Å²) in [6.45, 7) is 5.25. The van der Waals surface area contributed by atoms with E-state index < -0.39 is 23.5 Å². The molecule has 0 spiro atoms. The van der Waals surface area contributed by atoms with Crippen LogP contribution in [0.3, 0.4) is 0 Å². The van der Waals surface area contributed by atoms with Gasteiger partial charge in [-0.25, -0.2) is 4.39 Å². The zero-order chi connectivity index (χ0) is 14.6. The van der Waals surface area contributed by atoms with Crippen molar-refractivity contribution in [2.75, 3.05) is 6.61 Å². The Balaban J connectivity index is 3.13. The van der Waals surface area contributed by atoms with Crippen LogP contribution in [0.2, 0.25) is 5.02 Å². The fourth-order valence-corrected chi connectivity index (χ4v) is 1.95. The molecule has 0 bridgehead atoms. The topological polar surface area (TPSA) is 43.4 Å². The largest absolute Gasteiger partial charge is 0.465 e. The van der Waals surface area contributed by atoms with Crippen molar-refractivity contribution in [3.8, 4) is 0 Å². The molecule has 0 saturated carbocycles. The van der Waals surface area contributed by atoms with Crippen LogP contribution in [-0.4, -0.2) is 18.4 Å². The first kappa shape index (κ1) is 15.6. The summed E-state index contributed by atoms with van der Waals surface area (Å²) in [6, 6.07) is 4.14. The molecule has 104 valence electrons. The van der Waals surface area contributed by atoms with E-state index in [2.05, 4.69) is 0 Å². The van der Waals surface area contributed by atoms with E-state index in [-0.39, 0.29) is 23.1 Å². The van der Waals surface area contributed by atoms with E-state index in [4.69, 9.17) is 16.3 Å². The molecule has 0 radical (unpaired) electrons. The Bertz CT molecular complexity index is 486. The van der Waals surface area contributed by atoms with Crippen LogP contribution in [0.25, 0.3) is 0 Å². The molecule has 1 aromatic carbocycles. The van der Waals surface area contributed by atoms with Crippen molar-refractivity contribution in [2.24, 2.45) is 11.8 Å². The Morgan fingerprint density at radius 3 is 2.53 bits per heavy atom. The second-order valence-electron chi connectivity index (χ2n) is 4.44. The van der Waals surface area contributed by atoms with Gasteiger partial charge >= 0.3 is 5.97 Å². The van der Waals surface area contributed by atoms with Gasteiger partial charge in [0, 0.05) is 0 Å². The molecule has 5 heteroatoms. The van der Waals surface area contributed by atoms with Crippen LogP contribution in [0.15, 0.2) is 18.2 Å². The van der Waals surface area contributed by atoms with Crippen molar-refractivity contribution in [3.63, 3.8) is 0 Å². The number of esters is 1. The Hall–Kier alpha value is -1.42. The van der Waals surface area contributed by atoms with Gasteiger partial charge in [0.05, 0.1) is 17.2 Å². The summed E-state index contributed by atoms with van der Waals surface area (Å²) < 4.78 is 18.7. The predicted octanol–water partition coefficient (Wildman–Crippen LogP) is 3.50. The number of carbonyl (C=O) groups excluding carboxylic acids is 2. The monoisotopic (exact) mass is 286 g/mol. The molecule has 1 atom stereocenters. The minimum absolute atomic E-state index is 0.141. The van der Waals surface area contributed by atoms with E-state index in [9.17, 15) is 14.0 Å². The maximum absolute atomic E-state index is 13.8. The average molecular weight is 287 g/mol. The van der Waals surface area contributed by atoms with Gasteiger partial charge < -0.3 is 4.74 Å². The van der Waals surface area contributed by atoms with Crippen molar-refractivity contribution in [1.29, 1.82) is 0 Å². The first-order valence-electron chi connectivity index (χ1n) is 6.05. The summed E-state index contributed by atoms with van der Waals surface area (Å²) in [5, 5.41) is -0.141. The molecule has 0 fully saturated rings. The van der Waals surface area contributed by atoms with Gasteiger partial charge in [-0.3, -0.25) is 9.59 Å². The van der Waals surface area contributed by atoms with Crippen LogP contribution in [0.1, 0.15) is 31.1 Å². The van der Waals surface area contributed by atoms with Gasteiger partial charge in [-0.15, -0.1) is 0 Å². The highest BCUT2D eigenvalue weighted by molar-refractivity contribution is 6.31. The summed E-state index contributed by atoms with van der Waals surface area (Å²) in [6.07, 6.45) is 0. The Morgan fingerprint density at radius 2 is 2.00 bits per heavy atom. The number of halogens is 2. The highest BCUT2D eigenvalue weighted by atomic mass is 35.5. The SMILES string of the molecule is CCOC(=O)C(C(=O)c1cccc(Cl)c1F)C(C)C. The first-order chi connectivity index (χ1) is 8.90. The Morgan fingerprint density at radius 1 is 1.37 bits per heavy atom. The second-order valence-corrected chi connectivity index (χ2v) is 4.85. The lowest BCUT2D eigenvalue weighted by Crippen LogP contribution is -2.31. The second kappa shape index (κ2) is 6.66. The number of hydrogen-bond donors (Lipinski definition) is 0. The zero-order valence-corrected chi connectivity index (χ0v) is 11.8. The summed E-state index contributed by atoms with van der Waals surface area (Å²) in [5.41, 5.74) is -0.181. The summed E-state index contributed by atoms with van der Waals surface area (Å²) in [4.78, 5) is 24.1. The molecule has 0 amide bonds. The number of benzene rings is 1. The molecule has 0 aliphatic rings. The van der Waals surface area contributed by atoms with Gasteiger partial charge in [-0.1, -0.05) is 31.5 Å². The third-order valence-electron chi connectivity index (χ3n) is 2.71. The third kappa shape index (κ3) is 3.53. The Labute approximate surface area is 116 Å². The molecule has 0 aliphatic heterocycles. The molecular weight excluding hydrogens is 271 g/mol. The Kier molecular flexibility index (Phi) is 5.48. The van der Waals surface area contributed by atoms with Crippen molar-refractivity contribution in [3.05, 3.63) is 34.6 Å². The minimum Gasteiger partial charge on any atom is -0.465 e. The van der Waals surface area contributed by atoms with Gasteiger partial charge in [-0.2, -0.15) is 0 Å². The summed E-state index contributed by atoms with van der Waals surface area (Å²) >= 11 is 5.64. The molecule has 0 aromatic heterocycles. The number of ketones is 1. The first-order valence-corrected chi connectivity index (χ1v) is 6.42. The molecule has 0 aliphatic carbocycles. The normalized spacial score (nSPS) is 12.3. The maximum atomic E-state index is 13.8. The van der Waals surface area contributed by atoms with Crippen molar-refractivity contribution < 1.29 is 18.7 Å². The van der Waals surface area contributed by atoms with Crippen molar-refractivity contribution in [2.45, 2.75) is 20.8 Å². The van der Waals surface area contributed by atoms with Crippen LogP contribution < -0.4 is 0 Å². The average Bonchev–Trinajstić information content (AvgIpc) is 2.32. The van der Waals surface area contributed by atoms with Crippen LogP contribution in [0.5, 0.6) is 0 Å². The predicted molar refractivity (Wildman–Crippen MR) is 70.7 cm³/mol. The fourth-order valence-electron chi connectivity index (χ4n) is 1.78. The van der Waals surface area contributed by atoms with Gasteiger partial charge in [0.1, 0.15) is 5.92 Å². The van der Waals surface area contributed by atoms with Crippen LogP contribution in [0, 0.1) is 17.7 Å². The molecule has 19 heavy (non-hydrogen) atoms. The summed E-state index contributed by atoms with van der Waals surface area (Å²) in [5.74, 6) is -3.35. The third-order valence-corrected chi connectivity index (χ3v) is 3.00. The van der Waals surface area contributed by atoms with Gasteiger partial charge in [0.25, 0.3) is 0 Å². The lowest BCUT2D eigenvalue weighted by atomic mass is 9.88. The van der Waals surface area contributed by atoms with Crippen molar-refractivity contribution >= 4 is 23.4 Å². The molecule has 1 unspecified atom stereocenters. The van der Waals surface area contributed by atoms with Crippen LogP contribution >= 0.6 is 11.6 Å². The fraction of sp³-hybridized carbons (Fsp3) is 0.429. The van der Waals surface area contributed by atoms with E-state index in [1.807, 2.05) is 0 Å². The number of ether oxygens (including phenoxy) is 1. The van der Waals surface area contributed by atoms with E-state index in [0.29, 0.717) is 0 Å². The molecular formula is C14H16ClFO3. The summed E-state index contributed by atoms with van der Waals surface area (Å²) in [7, 11) is 0. The lowest BCUT2D eigenvalue weighted by molar-refractivity contribution is -0.147. The van der Waals surface area contributed by atoms with E-state index in [1.165, 1.54) is 18.2 Å². The van der Waals surface area contributed by atoms with Gasteiger partial charge in [-0.05, 0) is 25.0 Å².